The average Bonchev–Trinajstić information content (AvgIpc) is 3.37. The Bertz CT molecular complexity index is 1350. The predicted molar refractivity (Wildman–Crippen MR) is 117 cm³/mol. The Morgan fingerprint density at radius 1 is 1.00 bits per heavy atom. The minimum Gasteiger partial charge on any atom is -1.00 e. The van der Waals surface area contributed by atoms with Crippen molar-refractivity contribution < 1.29 is 52.9 Å². The predicted octanol–water partition coefficient (Wildman–Crippen LogP) is 2.50. The number of tetrazole rings is 1. The van der Waals surface area contributed by atoms with Gasteiger partial charge in [0.15, 0.2) is 0 Å². The Hall–Kier alpha value is -2.96. The molecule has 1 aliphatic carbocycles. The summed E-state index contributed by atoms with van der Waals surface area (Å²) in [6.45, 7) is 0.0963. The van der Waals surface area contributed by atoms with E-state index in [2.05, 4.69) is 35.9 Å². The van der Waals surface area contributed by atoms with E-state index in [1.54, 1.807) is 12.1 Å². The number of hydrogen-bond acceptors (Lipinski definition) is 6. The Morgan fingerprint density at radius 3 is 2.39 bits per heavy atom. The molecule has 0 saturated heterocycles. The van der Waals surface area contributed by atoms with Crippen LogP contribution in [-0.2, 0) is 25.1 Å². The fraction of sp³-hybridized carbons (Fsp3) is 0.261. The summed E-state index contributed by atoms with van der Waals surface area (Å²) in [5.41, 5.74) is 2.43. The molecular formula is C23H19F5N7Na. The van der Waals surface area contributed by atoms with E-state index in [0.29, 0.717) is 5.82 Å². The molecule has 7 nitrogen and oxygen atoms in total. The molecule has 0 saturated carbocycles. The van der Waals surface area contributed by atoms with Crippen molar-refractivity contribution in [3.63, 3.8) is 0 Å². The van der Waals surface area contributed by atoms with Gasteiger partial charge in [0.05, 0.1) is 0 Å². The molecule has 0 aliphatic heterocycles. The van der Waals surface area contributed by atoms with Gasteiger partial charge in [-0.25, -0.2) is 9.97 Å². The number of H-pyrrole nitrogens is 1. The van der Waals surface area contributed by atoms with Gasteiger partial charge in [0, 0.05) is 24.1 Å². The summed E-state index contributed by atoms with van der Waals surface area (Å²) in [6.07, 6.45) is -5.16. The third-order valence-corrected chi connectivity index (χ3v) is 5.76. The minimum absolute atomic E-state index is 0. The summed E-state index contributed by atoms with van der Waals surface area (Å²) in [5.74, 6) is -4.78. The number of rotatable bonds is 5. The maximum Gasteiger partial charge on any atom is 1.00 e. The van der Waals surface area contributed by atoms with Crippen LogP contribution in [-0.4, -0.2) is 30.6 Å². The number of aromatic nitrogens is 6. The zero-order valence-electron chi connectivity index (χ0n) is 20.1. The van der Waals surface area contributed by atoms with Crippen LogP contribution in [0, 0.1) is 0 Å². The van der Waals surface area contributed by atoms with E-state index in [1.807, 2.05) is 36.4 Å². The summed E-state index contributed by atoms with van der Waals surface area (Å²) < 4.78 is 68.5. The Balaban J connectivity index is 0.00000190. The Kier molecular flexibility index (Phi) is 7.39. The molecule has 2 aromatic heterocycles. The fourth-order valence-corrected chi connectivity index (χ4v) is 4.10. The number of nitrogens with one attached hydrogen (secondary N) is 2. The van der Waals surface area contributed by atoms with E-state index in [9.17, 15) is 22.0 Å². The first-order valence-corrected chi connectivity index (χ1v) is 10.7. The standard InChI is InChI=1S/C23H18F5N7.Na.H/c24-22(25)11-3-6-17-18(22)30-21(23(26,27)28)31-19(17)29-12-13-7-9-14(10-8-13)15-4-1-2-5-16(15)20-32-34-35-33-20;;/h1-2,4-5,7-10H,3,6,11-12H2,(H,29,30,31)(H,32,33,34,35);;/q;+1;-1. The van der Waals surface area contributed by atoms with E-state index in [-0.39, 0.29) is 61.8 Å². The van der Waals surface area contributed by atoms with Crippen molar-refractivity contribution in [2.45, 2.75) is 37.9 Å². The number of aromatic amines is 1. The van der Waals surface area contributed by atoms with Crippen LogP contribution >= 0.6 is 0 Å². The molecule has 36 heavy (non-hydrogen) atoms. The first-order valence-electron chi connectivity index (χ1n) is 10.7. The molecule has 2 aromatic carbocycles. The largest absolute Gasteiger partial charge is 1.00 e. The van der Waals surface area contributed by atoms with Crippen molar-refractivity contribution in [1.82, 2.24) is 30.6 Å². The second-order valence-electron chi connectivity index (χ2n) is 8.11. The molecule has 1 aliphatic rings. The number of fused-ring (bicyclic) bond motifs is 1. The van der Waals surface area contributed by atoms with E-state index in [1.165, 1.54) is 0 Å². The number of halogens is 5. The van der Waals surface area contributed by atoms with E-state index >= 15 is 0 Å². The van der Waals surface area contributed by atoms with Gasteiger partial charge in [-0.2, -0.15) is 27.2 Å². The smallest absolute Gasteiger partial charge is 1.00 e. The van der Waals surface area contributed by atoms with E-state index in [4.69, 9.17) is 0 Å². The SMILES string of the molecule is FC(F)(F)c1nc(NCc2ccc(-c3ccccc3-c3nn[nH]n3)cc2)c2c(n1)C(F)(F)CCC2.[H-].[Na+]. The number of hydrogen-bond donors (Lipinski definition) is 2. The van der Waals surface area contributed by atoms with Gasteiger partial charge in [-0.05, 0) is 34.7 Å². The molecule has 182 valence electrons. The normalized spacial score (nSPS) is 14.6. The fourth-order valence-electron chi connectivity index (χ4n) is 4.10. The maximum atomic E-state index is 14.3. The van der Waals surface area contributed by atoms with Crippen LogP contribution in [0.25, 0.3) is 22.5 Å². The van der Waals surface area contributed by atoms with Crippen molar-refractivity contribution in [1.29, 1.82) is 0 Å². The van der Waals surface area contributed by atoms with Crippen LogP contribution in [0.2, 0.25) is 0 Å². The molecule has 2 N–H and O–H groups in total. The van der Waals surface area contributed by atoms with Gasteiger partial charge < -0.3 is 6.74 Å². The molecule has 4 aromatic rings. The van der Waals surface area contributed by atoms with Crippen molar-refractivity contribution in [2.75, 3.05) is 5.32 Å². The monoisotopic (exact) mass is 511 g/mol. The first kappa shape index (κ1) is 26.1. The van der Waals surface area contributed by atoms with Gasteiger partial charge in [-0.1, -0.05) is 48.5 Å². The second kappa shape index (κ2) is 10.2. The van der Waals surface area contributed by atoms with Gasteiger partial charge in [0.2, 0.25) is 11.6 Å². The van der Waals surface area contributed by atoms with Crippen LogP contribution in [0.1, 0.15) is 36.9 Å². The van der Waals surface area contributed by atoms with Crippen LogP contribution in [0.15, 0.2) is 48.5 Å². The summed E-state index contributed by atoms with van der Waals surface area (Å²) in [5, 5.41) is 16.9. The second-order valence-corrected chi connectivity index (χ2v) is 8.11. The molecular weight excluding hydrogens is 492 g/mol. The summed E-state index contributed by atoms with van der Waals surface area (Å²) in [7, 11) is 0. The van der Waals surface area contributed by atoms with Crippen molar-refractivity contribution in [2.24, 2.45) is 0 Å². The summed E-state index contributed by atoms with van der Waals surface area (Å²) >= 11 is 0. The molecule has 0 spiro atoms. The molecule has 0 unspecified atom stereocenters. The van der Waals surface area contributed by atoms with Crippen LogP contribution in [0.3, 0.4) is 0 Å². The average molecular weight is 511 g/mol. The third-order valence-electron chi connectivity index (χ3n) is 5.76. The molecule has 13 heteroatoms. The van der Waals surface area contributed by atoms with Gasteiger partial charge in [-0.15, -0.1) is 10.2 Å². The zero-order valence-corrected chi connectivity index (χ0v) is 21.1. The molecule has 0 radical (unpaired) electrons. The molecule has 0 fully saturated rings. The third kappa shape index (κ3) is 5.25. The van der Waals surface area contributed by atoms with E-state index < -0.39 is 30.0 Å². The number of alkyl halides is 5. The Morgan fingerprint density at radius 2 is 1.72 bits per heavy atom. The minimum atomic E-state index is -4.94. The van der Waals surface area contributed by atoms with Crippen LogP contribution in [0.5, 0.6) is 0 Å². The zero-order chi connectivity index (χ0) is 24.6. The van der Waals surface area contributed by atoms with Gasteiger partial charge >= 0.3 is 35.7 Å². The van der Waals surface area contributed by atoms with Gasteiger partial charge in [0.25, 0.3) is 5.92 Å². The molecule has 5 rings (SSSR count). The molecule has 2 heterocycles. The first-order chi connectivity index (χ1) is 16.7. The van der Waals surface area contributed by atoms with Crippen molar-refractivity contribution in [3.8, 4) is 22.5 Å². The van der Waals surface area contributed by atoms with Crippen molar-refractivity contribution in [3.05, 3.63) is 71.2 Å². The molecule has 0 bridgehead atoms. The van der Waals surface area contributed by atoms with Gasteiger partial charge in [-0.3, -0.25) is 0 Å². The number of nitrogens with zero attached hydrogens (tertiary/aromatic N) is 5. The topological polar surface area (TPSA) is 92.3 Å². The summed E-state index contributed by atoms with van der Waals surface area (Å²) in [6, 6.07) is 14.8. The van der Waals surface area contributed by atoms with Crippen LogP contribution < -0.4 is 34.9 Å². The summed E-state index contributed by atoms with van der Waals surface area (Å²) in [4.78, 5) is 6.72. The molecule has 0 amide bonds. The van der Waals surface area contributed by atoms with E-state index in [0.717, 1.165) is 22.3 Å². The van der Waals surface area contributed by atoms with Gasteiger partial charge in [0.1, 0.15) is 11.5 Å². The number of anilines is 1. The maximum absolute atomic E-state index is 14.3. The number of benzene rings is 2. The van der Waals surface area contributed by atoms with Crippen LogP contribution in [0.4, 0.5) is 27.8 Å². The Labute approximate surface area is 225 Å². The van der Waals surface area contributed by atoms with Crippen molar-refractivity contribution >= 4 is 5.82 Å². The quantitative estimate of drug-likeness (QED) is 0.316. The molecule has 0 atom stereocenters.